The smallest absolute Gasteiger partial charge is 0.309 e. The highest BCUT2D eigenvalue weighted by atomic mass is 16.4. The van der Waals surface area contributed by atoms with Crippen molar-refractivity contribution in [2.45, 2.75) is 19.8 Å². The third kappa shape index (κ3) is 1.78. The molecule has 98 valence electrons. The number of aryl methyl sites for hydroxylation is 2. The van der Waals surface area contributed by atoms with E-state index in [1.165, 1.54) is 5.56 Å². The fourth-order valence-corrected chi connectivity index (χ4v) is 2.40. The molecule has 0 unspecified atom stereocenters. The maximum absolute atomic E-state index is 10.8. The monoisotopic (exact) mass is 257 g/mol. The molecular weight excluding hydrogens is 242 g/mol. The van der Waals surface area contributed by atoms with Crippen LogP contribution in [0, 0.1) is 0 Å². The molecule has 1 N–H and O–H groups in total. The van der Waals surface area contributed by atoms with E-state index < -0.39 is 5.97 Å². The van der Waals surface area contributed by atoms with Gasteiger partial charge in [-0.1, -0.05) is 13.0 Å². The topological polar surface area (TPSA) is 59.5 Å². The van der Waals surface area contributed by atoms with Crippen LogP contribution in [0.25, 0.3) is 16.8 Å². The van der Waals surface area contributed by atoms with Gasteiger partial charge in [0, 0.05) is 18.9 Å². The third-order valence-electron chi connectivity index (χ3n) is 3.48. The van der Waals surface area contributed by atoms with E-state index in [9.17, 15) is 4.79 Å². The van der Waals surface area contributed by atoms with Crippen LogP contribution in [0.5, 0.6) is 0 Å². The van der Waals surface area contributed by atoms with E-state index in [4.69, 9.17) is 5.11 Å². The molecule has 2 heterocycles. The van der Waals surface area contributed by atoms with E-state index >= 15 is 0 Å². The summed E-state index contributed by atoms with van der Waals surface area (Å²) in [4.78, 5) is 15.4. The SMILES string of the molecule is CCc1ccc2c(c1)nc1n(C)c(CC(=O)O)cn21. The lowest BCUT2D eigenvalue weighted by atomic mass is 10.1. The first kappa shape index (κ1) is 11.8. The molecule has 0 aliphatic carbocycles. The van der Waals surface area contributed by atoms with Crippen molar-refractivity contribution in [2.24, 2.45) is 7.05 Å². The lowest BCUT2D eigenvalue weighted by molar-refractivity contribution is -0.136. The molecule has 0 atom stereocenters. The molecule has 0 bridgehead atoms. The van der Waals surface area contributed by atoms with Gasteiger partial charge in [-0.3, -0.25) is 9.20 Å². The second-order valence-electron chi connectivity index (χ2n) is 4.71. The second-order valence-corrected chi connectivity index (χ2v) is 4.71. The fourth-order valence-electron chi connectivity index (χ4n) is 2.40. The van der Waals surface area contributed by atoms with Gasteiger partial charge in [0.1, 0.15) is 0 Å². The minimum atomic E-state index is -0.832. The molecule has 3 aromatic rings. The molecule has 0 spiro atoms. The summed E-state index contributed by atoms with van der Waals surface area (Å²) in [5.74, 6) is -0.0547. The Morgan fingerprint density at radius 2 is 2.21 bits per heavy atom. The quantitative estimate of drug-likeness (QED) is 0.780. The van der Waals surface area contributed by atoms with Crippen LogP contribution in [0.15, 0.2) is 24.4 Å². The molecule has 0 aliphatic heterocycles. The molecule has 2 aromatic heterocycles. The predicted molar refractivity (Wildman–Crippen MR) is 72.4 cm³/mol. The Bertz CT molecular complexity index is 783. The van der Waals surface area contributed by atoms with Crippen LogP contribution >= 0.6 is 0 Å². The molecule has 0 aliphatic rings. The Hall–Kier alpha value is -2.30. The molecule has 0 saturated heterocycles. The van der Waals surface area contributed by atoms with Crippen molar-refractivity contribution in [3.63, 3.8) is 0 Å². The average Bonchev–Trinajstić information content (AvgIpc) is 2.87. The maximum atomic E-state index is 10.8. The van der Waals surface area contributed by atoms with Gasteiger partial charge in [0.05, 0.1) is 17.5 Å². The van der Waals surface area contributed by atoms with Gasteiger partial charge >= 0.3 is 5.97 Å². The summed E-state index contributed by atoms with van der Waals surface area (Å²) in [6, 6.07) is 6.21. The van der Waals surface area contributed by atoms with E-state index in [1.54, 1.807) is 0 Å². The Kier molecular flexibility index (Phi) is 2.55. The average molecular weight is 257 g/mol. The number of nitrogens with zero attached hydrogens (tertiary/aromatic N) is 3. The van der Waals surface area contributed by atoms with Gasteiger partial charge in [-0.25, -0.2) is 4.98 Å². The first-order valence-electron chi connectivity index (χ1n) is 6.27. The van der Waals surface area contributed by atoms with E-state index in [0.717, 1.165) is 28.9 Å². The molecule has 5 nitrogen and oxygen atoms in total. The van der Waals surface area contributed by atoms with Crippen molar-refractivity contribution < 1.29 is 9.90 Å². The van der Waals surface area contributed by atoms with Crippen molar-refractivity contribution in [1.82, 2.24) is 14.0 Å². The molecule has 3 rings (SSSR count). The van der Waals surface area contributed by atoms with Gasteiger partial charge < -0.3 is 9.67 Å². The van der Waals surface area contributed by atoms with Crippen LogP contribution in [-0.2, 0) is 24.7 Å². The molecule has 0 amide bonds. The summed E-state index contributed by atoms with van der Waals surface area (Å²) < 4.78 is 3.78. The molecule has 0 saturated carbocycles. The molecule has 0 fully saturated rings. The second kappa shape index (κ2) is 4.12. The third-order valence-corrected chi connectivity index (χ3v) is 3.48. The normalized spacial score (nSPS) is 11.5. The van der Waals surface area contributed by atoms with Crippen LogP contribution in [-0.4, -0.2) is 25.0 Å². The number of carbonyl (C=O) groups is 1. The van der Waals surface area contributed by atoms with Gasteiger partial charge in [0.15, 0.2) is 0 Å². The lowest BCUT2D eigenvalue weighted by Gasteiger charge is -1.98. The van der Waals surface area contributed by atoms with E-state index in [-0.39, 0.29) is 6.42 Å². The maximum Gasteiger partial charge on any atom is 0.309 e. The van der Waals surface area contributed by atoms with Crippen molar-refractivity contribution in [3.05, 3.63) is 35.7 Å². The van der Waals surface area contributed by atoms with Gasteiger partial charge in [-0.05, 0) is 24.1 Å². The zero-order chi connectivity index (χ0) is 13.6. The lowest BCUT2D eigenvalue weighted by Crippen LogP contribution is -2.05. The summed E-state index contributed by atoms with van der Waals surface area (Å²) in [7, 11) is 1.85. The van der Waals surface area contributed by atoms with Crippen LogP contribution in [0.1, 0.15) is 18.2 Å². The number of hydrogen-bond acceptors (Lipinski definition) is 2. The van der Waals surface area contributed by atoms with Gasteiger partial charge in [-0.15, -0.1) is 0 Å². The fraction of sp³-hybridized carbons (Fsp3) is 0.286. The Morgan fingerprint density at radius 1 is 1.42 bits per heavy atom. The van der Waals surface area contributed by atoms with E-state index in [2.05, 4.69) is 24.0 Å². The molecule has 19 heavy (non-hydrogen) atoms. The molecule has 0 radical (unpaired) electrons. The Labute approximate surface area is 110 Å². The number of fused-ring (bicyclic) bond motifs is 3. The minimum absolute atomic E-state index is 0.00833. The van der Waals surface area contributed by atoms with Crippen molar-refractivity contribution >= 4 is 22.8 Å². The minimum Gasteiger partial charge on any atom is -0.481 e. The van der Waals surface area contributed by atoms with Crippen LogP contribution in [0.4, 0.5) is 0 Å². The van der Waals surface area contributed by atoms with Crippen LogP contribution in [0.2, 0.25) is 0 Å². The number of benzene rings is 1. The van der Waals surface area contributed by atoms with Crippen molar-refractivity contribution in [1.29, 1.82) is 0 Å². The number of hydrogen-bond donors (Lipinski definition) is 1. The zero-order valence-electron chi connectivity index (χ0n) is 10.9. The highest BCUT2D eigenvalue weighted by Gasteiger charge is 2.13. The predicted octanol–water partition coefficient (Wildman–Crippen LogP) is 2.02. The van der Waals surface area contributed by atoms with Crippen molar-refractivity contribution in [3.8, 4) is 0 Å². The Morgan fingerprint density at radius 3 is 2.89 bits per heavy atom. The van der Waals surface area contributed by atoms with Gasteiger partial charge in [0.2, 0.25) is 5.78 Å². The number of rotatable bonds is 3. The van der Waals surface area contributed by atoms with Crippen LogP contribution in [0.3, 0.4) is 0 Å². The van der Waals surface area contributed by atoms with Gasteiger partial charge in [-0.2, -0.15) is 0 Å². The van der Waals surface area contributed by atoms with Crippen LogP contribution < -0.4 is 0 Å². The summed E-state index contributed by atoms with van der Waals surface area (Å²) in [6.07, 6.45) is 2.84. The van der Waals surface area contributed by atoms with E-state index in [1.807, 2.05) is 28.3 Å². The molecule has 5 heteroatoms. The van der Waals surface area contributed by atoms with Gasteiger partial charge in [0.25, 0.3) is 0 Å². The summed E-state index contributed by atoms with van der Waals surface area (Å²) in [5, 5.41) is 8.89. The number of carboxylic acids is 1. The number of carboxylic acid groups (broad SMARTS) is 1. The highest BCUT2D eigenvalue weighted by molar-refractivity contribution is 5.81. The first-order chi connectivity index (χ1) is 9.10. The highest BCUT2D eigenvalue weighted by Crippen LogP contribution is 2.20. The van der Waals surface area contributed by atoms with E-state index in [0.29, 0.717) is 0 Å². The number of aromatic nitrogens is 3. The summed E-state index contributed by atoms with van der Waals surface area (Å²) in [6.45, 7) is 2.11. The Balaban J connectivity index is 2.23. The van der Waals surface area contributed by atoms with Crippen molar-refractivity contribution in [2.75, 3.05) is 0 Å². The molecule has 1 aromatic carbocycles. The summed E-state index contributed by atoms with van der Waals surface area (Å²) in [5.41, 5.74) is 3.96. The number of imidazole rings is 2. The zero-order valence-corrected chi connectivity index (χ0v) is 10.9. The largest absolute Gasteiger partial charge is 0.481 e. The summed E-state index contributed by atoms with van der Waals surface area (Å²) >= 11 is 0. The molecular formula is C14H15N3O2. The number of aliphatic carboxylic acids is 1. The standard InChI is InChI=1S/C14H15N3O2/c1-3-9-4-5-12-11(6-9)15-14-16(2)10(7-13(18)19)8-17(12)14/h4-6,8H,3,7H2,1-2H3,(H,18,19). The first-order valence-corrected chi connectivity index (χ1v) is 6.27.